The molecule has 0 aliphatic carbocycles. The molecule has 0 bridgehead atoms. The lowest BCUT2D eigenvalue weighted by Gasteiger charge is -2.18. The Morgan fingerprint density at radius 1 is 1.00 bits per heavy atom. The summed E-state index contributed by atoms with van der Waals surface area (Å²) in [5.41, 5.74) is 3.73. The molecule has 0 aromatic heterocycles. The number of carbonyl (C=O) groups is 1. The van der Waals surface area contributed by atoms with E-state index in [4.69, 9.17) is 10.00 Å². The first kappa shape index (κ1) is 19.2. The van der Waals surface area contributed by atoms with Gasteiger partial charge in [-0.25, -0.2) is 0 Å². The average Bonchev–Trinajstić information content (AvgIpc) is 2.73. The van der Waals surface area contributed by atoms with Crippen LogP contribution in [0.25, 0.3) is 11.1 Å². The van der Waals surface area contributed by atoms with Crippen LogP contribution >= 0.6 is 0 Å². The number of nitriles is 1. The zero-order valence-electron chi connectivity index (χ0n) is 15.3. The van der Waals surface area contributed by atoms with Crippen molar-refractivity contribution < 1.29 is 19.7 Å². The number of benzene rings is 3. The number of rotatable bonds is 6. The molecule has 3 aromatic rings. The fraction of sp³-hybridized carbons (Fsp3) is 0.130. The minimum absolute atomic E-state index is 0.00415. The first-order valence-electron chi connectivity index (χ1n) is 8.71. The Bertz CT molecular complexity index is 1040. The summed E-state index contributed by atoms with van der Waals surface area (Å²) in [4.78, 5) is 11.7. The minimum Gasteiger partial charge on any atom is -0.504 e. The van der Waals surface area contributed by atoms with Crippen molar-refractivity contribution in [2.45, 2.75) is 20.1 Å². The predicted molar refractivity (Wildman–Crippen MR) is 105 cm³/mol. The summed E-state index contributed by atoms with van der Waals surface area (Å²) in [6.07, 6.45) is 0.517. The van der Waals surface area contributed by atoms with E-state index < -0.39 is 5.75 Å². The number of ether oxygens (including phenoxy) is 1. The minimum atomic E-state index is -0.455. The maximum absolute atomic E-state index is 11.7. The van der Waals surface area contributed by atoms with Gasteiger partial charge in [0.05, 0.1) is 30.4 Å². The third-order valence-corrected chi connectivity index (χ3v) is 4.62. The third-order valence-electron chi connectivity index (χ3n) is 4.62. The highest BCUT2D eigenvalue weighted by Gasteiger charge is 2.22. The van der Waals surface area contributed by atoms with E-state index in [1.165, 1.54) is 0 Å². The first-order chi connectivity index (χ1) is 13.6. The molecule has 0 spiro atoms. The van der Waals surface area contributed by atoms with Gasteiger partial charge in [-0.05, 0) is 35.7 Å². The van der Waals surface area contributed by atoms with Gasteiger partial charge in [-0.3, -0.25) is 4.79 Å². The van der Waals surface area contributed by atoms with Gasteiger partial charge in [-0.2, -0.15) is 5.26 Å². The number of aldehydes is 1. The molecule has 28 heavy (non-hydrogen) atoms. The van der Waals surface area contributed by atoms with Crippen molar-refractivity contribution in [2.75, 3.05) is 0 Å². The lowest BCUT2D eigenvalue weighted by molar-refractivity contribution is 0.103. The van der Waals surface area contributed by atoms with E-state index in [2.05, 4.69) is 6.07 Å². The largest absolute Gasteiger partial charge is 0.504 e. The van der Waals surface area contributed by atoms with E-state index in [0.29, 0.717) is 40.7 Å². The molecule has 0 fully saturated rings. The van der Waals surface area contributed by atoms with E-state index in [1.54, 1.807) is 31.2 Å². The molecule has 3 aromatic carbocycles. The van der Waals surface area contributed by atoms with E-state index in [0.717, 1.165) is 5.56 Å². The van der Waals surface area contributed by atoms with Gasteiger partial charge >= 0.3 is 0 Å². The van der Waals surface area contributed by atoms with Crippen LogP contribution in [0.2, 0.25) is 0 Å². The average molecular weight is 373 g/mol. The van der Waals surface area contributed by atoms with Crippen LogP contribution in [0.1, 0.15) is 32.6 Å². The summed E-state index contributed by atoms with van der Waals surface area (Å²) in [5, 5.41) is 29.5. The molecule has 3 rings (SSSR count). The molecule has 0 atom stereocenters. The van der Waals surface area contributed by atoms with Crippen LogP contribution in [0.3, 0.4) is 0 Å². The van der Waals surface area contributed by atoms with Crippen LogP contribution < -0.4 is 0 Å². The normalized spacial score (nSPS) is 10.4. The van der Waals surface area contributed by atoms with E-state index in [-0.39, 0.29) is 17.9 Å². The monoisotopic (exact) mass is 373 g/mol. The standard InChI is InChI=1S/C23H19NO4/c1-15-21(18-9-7-16(11-24)8-10-18)20(19(12-25)23(27)22(15)26)14-28-13-17-5-3-2-4-6-17/h2-10,12,26-27H,13-14H2,1H3. The summed E-state index contributed by atoms with van der Waals surface area (Å²) in [5.74, 6) is -0.795. The van der Waals surface area contributed by atoms with Gasteiger partial charge in [0.25, 0.3) is 0 Å². The maximum atomic E-state index is 11.7. The molecule has 0 unspecified atom stereocenters. The zero-order chi connectivity index (χ0) is 20.1. The molecular formula is C23H19NO4. The number of phenols is 2. The van der Waals surface area contributed by atoms with Gasteiger partial charge in [0, 0.05) is 11.1 Å². The van der Waals surface area contributed by atoms with Crippen molar-refractivity contribution in [3.8, 4) is 28.7 Å². The van der Waals surface area contributed by atoms with Gasteiger partial charge < -0.3 is 14.9 Å². The van der Waals surface area contributed by atoms with Gasteiger partial charge in [-0.1, -0.05) is 42.5 Å². The van der Waals surface area contributed by atoms with E-state index >= 15 is 0 Å². The second-order valence-electron chi connectivity index (χ2n) is 6.37. The summed E-state index contributed by atoms with van der Waals surface area (Å²) in [6.45, 7) is 2.08. The highest BCUT2D eigenvalue weighted by atomic mass is 16.5. The SMILES string of the molecule is Cc1c(O)c(O)c(C=O)c(COCc2ccccc2)c1-c1ccc(C#N)cc1. The van der Waals surface area contributed by atoms with E-state index in [9.17, 15) is 15.0 Å². The Morgan fingerprint density at radius 2 is 1.68 bits per heavy atom. The van der Waals surface area contributed by atoms with Gasteiger partial charge in [0.1, 0.15) is 0 Å². The molecular weight excluding hydrogens is 354 g/mol. The van der Waals surface area contributed by atoms with Crippen LogP contribution in [0, 0.1) is 18.3 Å². The van der Waals surface area contributed by atoms with E-state index in [1.807, 2.05) is 30.3 Å². The number of hydrogen-bond acceptors (Lipinski definition) is 5. The zero-order valence-corrected chi connectivity index (χ0v) is 15.3. The molecule has 0 heterocycles. The first-order valence-corrected chi connectivity index (χ1v) is 8.71. The summed E-state index contributed by atoms with van der Waals surface area (Å²) in [7, 11) is 0. The van der Waals surface area contributed by atoms with Crippen LogP contribution in [-0.4, -0.2) is 16.5 Å². The van der Waals surface area contributed by atoms with Crippen molar-refractivity contribution in [3.05, 3.63) is 82.4 Å². The number of hydrogen-bond donors (Lipinski definition) is 2. The van der Waals surface area contributed by atoms with Crippen molar-refractivity contribution in [2.24, 2.45) is 0 Å². The number of nitrogens with zero attached hydrogens (tertiary/aromatic N) is 1. The fourth-order valence-corrected chi connectivity index (χ4v) is 3.15. The van der Waals surface area contributed by atoms with Gasteiger partial charge in [0.2, 0.25) is 0 Å². The number of aromatic hydroxyl groups is 2. The molecule has 0 radical (unpaired) electrons. The highest BCUT2D eigenvalue weighted by Crippen LogP contribution is 2.42. The lowest BCUT2D eigenvalue weighted by atomic mass is 9.90. The van der Waals surface area contributed by atoms with Crippen molar-refractivity contribution in [1.82, 2.24) is 0 Å². The molecule has 5 heteroatoms. The Kier molecular flexibility index (Phi) is 5.73. The van der Waals surface area contributed by atoms with Gasteiger partial charge in [0.15, 0.2) is 17.8 Å². The quantitative estimate of drug-likeness (QED) is 0.491. The molecule has 0 amide bonds. The molecule has 140 valence electrons. The summed E-state index contributed by atoms with van der Waals surface area (Å²) in [6, 6.07) is 18.5. The van der Waals surface area contributed by atoms with Crippen LogP contribution in [0.15, 0.2) is 54.6 Å². The Hall–Kier alpha value is -3.62. The fourth-order valence-electron chi connectivity index (χ4n) is 3.15. The molecule has 0 aliphatic heterocycles. The topological polar surface area (TPSA) is 90.6 Å². The summed E-state index contributed by atoms with van der Waals surface area (Å²) >= 11 is 0. The molecule has 2 N–H and O–H groups in total. The lowest BCUT2D eigenvalue weighted by Crippen LogP contribution is -2.04. The Balaban J connectivity index is 2.04. The second kappa shape index (κ2) is 8.38. The smallest absolute Gasteiger partial charge is 0.168 e. The molecule has 0 aliphatic rings. The maximum Gasteiger partial charge on any atom is 0.168 e. The van der Waals surface area contributed by atoms with Gasteiger partial charge in [-0.15, -0.1) is 0 Å². The number of phenolic OH excluding ortho intramolecular Hbond substituents is 2. The Morgan fingerprint density at radius 3 is 2.29 bits per heavy atom. The van der Waals surface area contributed by atoms with Crippen molar-refractivity contribution in [1.29, 1.82) is 5.26 Å². The third kappa shape index (κ3) is 3.73. The van der Waals surface area contributed by atoms with Crippen LogP contribution in [0.5, 0.6) is 11.5 Å². The second-order valence-corrected chi connectivity index (χ2v) is 6.37. The molecule has 5 nitrogen and oxygen atoms in total. The predicted octanol–water partition coefficient (Wildman–Crippen LogP) is 4.47. The number of carbonyl (C=O) groups excluding carboxylic acids is 1. The van der Waals surface area contributed by atoms with Crippen molar-refractivity contribution in [3.63, 3.8) is 0 Å². The van der Waals surface area contributed by atoms with Crippen molar-refractivity contribution >= 4 is 6.29 Å². The molecule has 0 saturated heterocycles. The summed E-state index contributed by atoms with van der Waals surface area (Å²) < 4.78 is 5.80. The Labute approximate surface area is 163 Å². The molecule has 0 saturated carbocycles. The van der Waals surface area contributed by atoms with Crippen LogP contribution in [0.4, 0.5) is 0 Å². The highest BCUT2D eigenvalue weighted by molar-refractivity contribution is 5.90. The van der Waals surface area contributed by atoms with Crippen LogP contribution in [-0.2, 0) is 18.0 Å².